The van der Waals surface area contributed by atoms with E-state index in [1.807, 2.05) is 23.8 Å². The second kappa shape index (κ2) is 9.90. The van der Waals surface area contributed by atoms with Gasteiger partial charge in [0.15, 0.2) is 5.84 Å². The van der Waals surface area contributed by atoms with Gasteiger partial charge < -0.3 is 19.0 Å². The number of imidazole rings is 1. The van der Waals surface area contributed by atoms with Gasteiger partial charge in [0.1, 0.15) is 24.0 Å². The summed E-state index contributed by atoms with van der Waals surface area (Å²) in [5.41, 5.74) is 4.39. The quantitative estimate of drug-likeness (QED) is 0.568. The Morgan fingerprint density at radius 2 is 2.14 bits per heavy atom. The van der Waals surface area contributed by atoms with Crippen LogP contribution in [-0.2, 0) is 9.57 Å². The van der Waals surface area contributed by atoms with Gasteiger partial charge in [0.2, 0.25) is 0 Å². The predicted molar refractivity (Wildman–Crippen MR) is 130 cm³/mol. The van der Waals surface area contributed by atoms with Crippen molar-refractivity contribution in [1.82, 2.24) is 14.5 Å². The predicted octanol–water partition coefficient (Wildman–Crippen LogP) is 5.67. The Labute approximate surface area is 203 Å². The number of methoxy groups -OCH3 is 1. The third-order valence-corrected chi connectivity index (χ3v) is 6.52. The Bertz CT molecular complexity index is 1270. The lowest BCUT2D eigenvalue weighted by Gasteiger charge is -2.36. The largest absolute Gasteiger partial charge is 0.495 e. The Morgan fingerprint density at radius 1 is 1.26 bits per heavy atom. The molecule has 0 unspecified atom stereocenters. The molecule has 1 aromatic heterocycles. The lowest BCUT2D eigenvalue weighted by Crippen LogP contribution is -2.39. The molecule has 2 aliphatic heterocycles. The minimum absolute atomic E-state index is 0.273. The molecule has 3 aliphatic rings. The van der Waals surface area contributed by atoms with Gasteiger partial charge >= 0.3 is 0 Å². The van der Waals surface area contributed by atoms with Gasteiger partial charge in [-0.3, -0.25) is 0 Å². The average molecular weight is 479 g/mol. The van der Waals surface area contributed by atoms with Crippen molar-refractivity contribution < 1.29 is 18.4 Å². The van der Waals surface area contributed by atoms with E-state index in [2.05, 4.69) is 33.3 Å². The van der Waals surface area contributed by atoms with E-state index in [9.17, 15) is 8.78 Å². The SMILES string of the molecule is COC1=C(n2cnc(C)c2)CC=CC(/C=C2\CCCN3C2=NOCC[C@H]3c2ccc(F)cc2F)=C1. The summed E-state index contributed by atoms with van der Waals surface area (Å²) in [5, 5.41) is 4.41. The number of halogens is 2. The normalized spacial score (nSPS) is 21.7. The second-order valence-corrected chi connectivity index (χ2v) is 8.87. The Morgan fingerprint density at radius 3 is 2.91 bits per heavy atom. The molecule has 0 saturated carbocycles. The summed E-state index contributed by atoms with van der Waals surface area (Å²) in [6, 6.07) is 3.50. The van der Waals surface area contributed by atoms with E-state index in [4.69, 9.17) is 9.57 Å². The zero-order chi connectivity index (χ0) is 24.4. The fraction of sp³-hybridized carbons (Fsp3) is 0.333. The zero-order valence-corrected chi connectivity index (χ0v) is 19.9. The molecule has 1 saturated heterocycles. The Hall–Kier alpha value is -3.68. The third kappa shape index (κ3) is 4.78. The molecule has 0 N–H and O–H groups in total. The lowest BCUT2D eigenvalue weighted by molar-refractivity contribution is 0.140. The molecule has 182 valence electrons. The number of aromatic nitrogens is 2. The van der Waals surface area contributed by atoms with Crippen LogP contribution in [0.15, 0.2) is 77.1 Å². The van der Waals surface area contributed by atoms with Crippen molar-refractivity contribution >= 4 is 11.5 Å². The second-order valence-electron chi connectivity index (χ2n) is 8.87. The lowest BCUT2D eigenvalue weighted by atomic mass is 9.94. The average Bonchev–Trinajstić information content (AvgIpc) is 3.04. The molecule has 8 heteroatoms. The number of aryl methyl sites for hydroxylation is 1. The van der Waals surface area contributed by atoms with Gasteiger partial charge in [-0.25, -0.2) is 13.8 Å². The van der Waals surface area contributed by atoms with Crippen molar-refractivity contribution in [3.8, 4) is 0 Å². The van der Waals surface area contributed by atoms with Crippen LogP contribution in [0.3, 0.4) is 0 Å². The fourth-order valence-corrected chi connectivity index (χ4v) is 4.87. The molecule has 0 spiro atoms. The van der Waals surface area contributed by atoms with Gasteiger partial charge in [0.05, 0.1) is 30.9 Å². The summed E-state index contributed by atoms with van der Waals surface area (Å²) in [7, 11) is 1.67. The summed E-state index contributed by atoms with van der Waals surface area (Å²) in [4.78, 5) is 12.0. The van der Waals surface area contributed by atoms with Crippen LogP contribution in [0.1, 0.15) is 43.0 Å². The summed E-state index contributed by atoms with van der Waals surface area (Å²) in [6.45, 7) is 3.04. The number of benzene rings is 1. The molecule has 2 aromatic rings. The zero-order valence-electron chi connectivity index (χ0n) is 19.9. The minimum Gasteiger partial charge on any atom is -0.495 e. The number of amidine groups is 1. The van der Waals surface area contributed by atoms with Crippen molar-refractivity contribution in [2.75, 3.05) is 20.3 Å². The number of piperidine rings is 1. The van der Waals surface area contributed by atoms with Gasteiger partial charge in [-0.2, -0.15) is 0 Å². The van der Waals surface area contributed by atoms with Crippen LogP contribution in [0.25, 0.3) is 5.70 Å². The molecule has 1 fully saturated rings. The number of oxime groups is 1. The highest BCUT2D eigenvalue weighted by molar-refractivity contribution is 5.99. The van der Waals surface area contributed by atoms with Crippen molar-refractivity contribution in [3.05, 3.63) is 94.8 Å². The van der Waals surface area contributed by atoms with Crippen LogP contribution in [0.4, 0.5) is 8.78 Å². The Kier molecular flexibility index (Phi) is 6.53. The molecule has 0 bridgehead atoms. The van der Waals surface area contributed by atoms with E-state index >= 15 is 0 Å². The van der Waals surface area contributed by atoms with E-state index in [0.717, 1.165) is 53.7 Å². The van der Waals surface area contributed by atoms with Crippen LogP contribution < -0.4 is 0 Å². The fourth-order valence-electron chi connectivity index (χ4n) is 4.87. The van der Waals surface area contributed by atoms with E-state index < -0.39 is 11.6 Å². The number of hydrogen-bond acceptors (Lipinski definition) is 5. The van der Waals surface area contributed by atoms with Gasteiger partial charge in [0, 0.05) is 37.2 Å². The van der Waals surface area contributed by atoms with Gasteiger partial charge in [-0.1, -0.05) is 23.4 Å². The first-order valence-corrected chi connectivity index (χ1v) is 11.8. The molecular formula is C27H28F2N4O2. The smallest absolute Gasteiger partial charge is 0.171 e. The van der Waals surface area contributed by atoms with Crippen LogP contribution >= 0.6 is 0 Å². The molecule has 6 nitrogen and oxygen atoms in total. The van der Waals surface area contributed by atoms with Crippen LogP contribution in [-0.4, -0.2) is 40.5 Å². The molecule has 35 heavy (non-hydrogen) atoms. The molecule has 1 aliphatic carbocycles. The van der Waals surface area contributed by atoms with Crippen LogP contribution in [0, 0.1) is 18.6 Å². The number of allylic oxidation sites excluding steroid dienone is 6. The highest BCUT2D eigenvalue weighted by Gasteiger charge is 2.33. The maximum atomic E-state index is 14.7. The van der Waals surface area contributed by atoms with Crippen molar-refractivity contribution in [2.24, 2.45) is 5.16 Å². The topological polar surface area (TPSA) is 51.9 Å². The monoisotopic (exact) mass is 478 g/mol. The summed E-state index contributed by atoms with van der Waals surface area (Å²) >= 11 is 0. The van der Waals surface area contributed by atoms with Gasteiger partial charge in [-0.15, -0.1) is 0 Å². The maximum absolute atomic E-state index is 14.7. The highest BCUT2D eigenvalue weighted by Crippen LogP contribution is 2.35. The highest BCUT2D eigenvalue weighted by atomic mass is 19.1. The van der Waals surface area contributed by atoms with Crippen LogP contribution in [0.2, 0.25) is 0 Å². The summed E-state index contributed by atoms with van der Waals surface area (Å²) in [5.74, 6) is 0.342. The van der Waals surface area contributed by atoms with E-state index in [-0.39, 0.29) is 6.04 Å². The third-order valence-electron chi connectivity index (χ3n) is 6.52. The molecule has 1 atom stereocenters. The van der Waals surface area contributed by atoms with Gasteiger partial charge in [0.25, 0.3) is 0 Å². The minimum atomic E-state index is -0.580. The number of nitrogens with zero attached hydrogens (tertiary/aromatic N) is 4. The molecule has 1 aromatic carbocycles. The van der Waals surface area contributed by atoms with Crippen molar-refractivity contribution in [1.29, 1.82) is 0 Å². The van der Waals surface area contributed by atoms with E-state index in [1.54, 1.807) is 13.4 Å². The first kappa shape index (κ1) is 23.1. The molecular weight excluding hydrogens is 450 g/mol. The molecule has 5 rings (SSSR count). The van der Waals surface area contributed by atoms with Crippen LogP contribution in [0.5, 0.6) is 0 Å². The van der Waals surface area contributed by atoms with Crippen molar-refractivity contribution in [2.45, 2.75) is 38.6 Å². The van der Waals surface area contributed by atoms with E-state index in [0.29, 0.717) is 30.8 Å². The summed E-state index contributed by atoms with van der Waals surface area (Å²) in [6.07, 6.45) is 15.0. The first-order valence-electron chi connectivity index (χ1n) is 11.8. The van der Waals surface area contributed by atoms with E-state index in [1.165, 1.54) is 12.1 Å². The first-order chi connectivity index (χ1) is 17.0. The standard InChI is InChI=1S/C27H28F2N4O2/c1-18-16-32(17-30-18)25-7-3-5-19(14-26(25)34-2)13-20-6-4-11-33-24(10-12-35-31-27(20)33)22-9-8-21(28)15-23(22)29/h3,5,8-9,13-17,24H,4,6-7,10-12H2,1-2H3/b20-13+/t24-/m0/s1. The molecule has 0 radical (unpaired) electrons. The number of ether oxygens (including phenoxy) is 1. The maximum Gasteiger partial charge on any atom is 0.171 e. The molecule has 3 heterocycles. The van der Waals surface area contributed by atoms with Gasteiger partial charge in [-0.05, 0) is 49.1 Å². The molecule has 0 amide bonds. The number of hydrogen-bond donors (Lipinski definition) is 0. The Balaban J connectivity index is 1.49. The number of fused-ring (bicyclic) bond motifs is 1. The van der Waals surface area contributed by atoms with Crippen molar-refractivity contribution in [3.63, 3.8) is 0 Å². The summed E-state index contributed by atoms with van der Waals surface area (Å²) < 4.78 is 36.0. The number of rotatable bonds is 4.